The molecule has 1 aromatic carbocycles. The minimum atomic E-state index is -0.996. The number of ether oxygens (including phenoxy) is 1. The summed E-state index contributed by atoms with van der Waals surface area (Å²) in [5, 5.41) is 15.3. The number of nitro groups is 1. The molecule has 8 nitrogen and oxygen atoms in total. The molecule has 1 aromatic heterocycles. The molecule has 0 N–H and O–H groups in total. The van der Waals surface area contributed by atoms with Crippen molar-refractivity contribution >= 4 is 12.0 Å². The molecule has 3 rings (SSSR count). The molecule has 0 spiro atoms. The standard InChI is InChI=1S/C15H15FN4O4/c1-24-13-3-2-12(20(22)23)14(16)15(13)19-9-10-8-18(6-7-21)5-4-11(10)17-19/h2-3,7,9H,4-6,8H2,1H3. The van der Waals surface area contributed by atoms with Crippen LogP contribution in [0.15, 0.2) is 18.3 Å². The molecule has 0 saturated heterocycles. The van der Waals surface area contributed by atoms with Gasteiger partial charge in [-0.15, -0.1) is 0 Å². The Hall–Kier alpha value is -2.81. The molecule has 1 aliphatic heterocycles. The average Bonchev–Trinajstić information content (AvgIpc) is 2.97. The Bertz CT molecular complexity index is 805. The fourth-order valence-corrected chi connectivity index (χ4v) is 2.80. The molecule has 0 fully saturated rings. The summed E-state index contributed by atoms with van der Waals surface area (Å²) in [7, 11) is 1.36. The molecule has 0 saturated carbocycles. The number of hydrogen-bond acceptors (Lipinski definition) is 6. The molecule has 126 valence electrons. The van der Waals surface area contributed by atoms with Crippen molar-refractivity contribution in [2.75, 3.05) is 20.2 Å². The van der Waals surface area contributed by atoms with Crippen LogP contribution >= 0.6 is 0 Å². The van der Waals surface area contributed by atoms with Crippen LogP contribution in [-0.4, -0.2) is 46.1 Å². The smallest absolute Gasteiger partial charge is 0.307 e. The number of hydrogen-bond donors (Lipinski definition) is 0. The van der Waals surface area contributed by atoms with Crippen LogP contribution in [-0.2, 0) is 17.8 Å². The van der Waals surface area contributed by atoms with Crippen LogP contribution in [0.25, 0.3) is 5.69 Å². The van der Waals surface area contributed by atoms with Gasteiger partial charge in [0.1, 0.15) is 17.7 Å². The Morgan fingerprint density at radius 1 is 1.50 bits per heavy atom. The first kappa shape index (κ1) is 16.1. The van der Waals surface area contributed by atoms with E-state index in [9.17, 15) is 19.3 Å². The summed E-state index contributed by atoms with van der Waals surface area (Å²) < 4.78 is 21.0. The molecular formula is C15H15FN4O4. The van der Waals surface area contributed by atoms with Gasteiger partial charge in [0.25, 0.3) is 0 Å². The van der Waals surface area contributed by atoms with Crippen molar-refractivity contribution < 1.29 is 18.8 Å². The van der Waals surface area contributed by atoms with E-state index in [-0.39, 0.29) is 11.4 Å². The molecule has 2 aromatic rings. The highest BCUT2D eigenvalue weighted by Gasteiger charge is 2.26. The van der Waals surface area contributed by atoms with Gasteiger partial charge in [-0.3, -0.25) is 15.0 Å². The second-order valence-corrected chi connectivity index (χ2v) is 5.40. The summed E-state index contributed by atoms with van der Waals surface area (Å²) >= 11 is 0. The predicted octanol–water partition coefficient (Wildman–Crippen LogP) is 1.49. The lowest BCUT2D eigenvalue weighted by Crippen LogP contribution is -2.31. The maximum atomic E-state index is 14.6. The first-order valence-corrected chi connectivity index (χ1v) is 7.29. The van der Waals surface area contributed by atoms with Crippen molar-refractivity contribution in [3.05, 3.63) is 45.5 Å². The number of carbonyl (C=O) groups excluding carboxylic acids is 1. The van der Waals surface area contributed by atoms with Crippen LogP contribution in [0, 0.1) is 15.9 Å². The third-order valence-electron chi connectivity index (χ3n) is 3.97. The molecule has 0 bridgehead atoms. The lowest BCUT2D eigenvalue weighted by atomic mass is 10.1. The van der Waals surface area contributed by atoms with Crippen molar-refractivity contribution in [3.8, 4) is 11.4 Å². The third-order valence-corrected chi connectivity index (χ3v) is 3.97. The summed E-state index contributed by atoms with van der Waals surface area (Å²) in [6.07, 6.45) is 3.07. The highest BCUT2D eigenvalue weighted by molar-refractivity contribution is 5.55. The van der Waals surface area contributed by atoms with Gasteiger partial charge in [-0.1, -0.05) is 0 Å². The second kappa shape index (κ2) is 6.36. The molecule has 0 aliphatic carbocycles. The van der Waals surface area contributed by atoms with E-state index in [1.807, 2.05) is 4.90 Å². The van der Waals surface area contributed by atoms with Crippen molar-refractivity contribution in [2.24, 2.45) is 0 Å². The topological polar surface area (TPSA) is 90.5 Å². The zero-order valence-corrected chi connectivity index (χ0v) is 12.9. The zero-order valence-electron chi connectivity index (χ0n) is 12.9. The highest BCUT2D eigenvalue weighted by Crippen LogP contribution is 2.32. The fraction of sp³-hybridized carbons (Fsp3) is 0.333. The Morgan fingerprint density at radius 3 is 2.96 bits per heavy atom. The maximum absolute atomic E-state index is 14.6. The molecular weight excluding hydrogens is 319 g/mol. The van der Waals surface area contributed by atoms with E-state index in [1.165, 1.54) is 17.9 Å². The van der Waals surface area contributed by atoms with Crippen LogP contribution in [0.3, 0.4) is 0 Å². The van der Waals surface area contributed by atoms with Gasteiger partial charge in [-0.05, 0) is 6.07 Å². The number of methoxy groups -OCH3 is 1. The van der Waals surface area contributed by atoms with Gasteiger partial charge in [0, 0.05) is 37.3 Å². The van der Waals surface area contributed by atoms with Crippen molar-refractivity contribution in [1.82, 2.24) is 14.7 Å². The molecule has 9 heteroatoms. The number of carbonyl (C=O) groups is 1. The third kappa shape index (κ3) is 2.73. The summed E-state index contributed by atoms with van der Waals surface area (Å²) in [5.74, 6) is -0.841. The van der Waals surface area contributed by atoms with E-state index in [0.717, 1.165) is 23.6 Å². The number of halogens is 1. The van der Waals surface area contributed by atoms with Gasteiger partial charge < -0.3 is 9.53 Å². The van der Waals surface area contributed by atoms with Gasteiger partial charge >= 0.3 is 5.69 Å². The monoisotopic (exact) mass is 334 g/mol. The maximum Gasteiger partial charge on any atom is 0.307 e. The Morgan fingerprint density at radius 2 is 2.29 bits per heavy atom. The molecule has 0 atom stereocenters. The van der Waals surface area contributed by atoms with E-state index in [0.29, 0.717) is 26.1 Å². The normalized spacial score (nSPS) is 14.2. The van der Waals surface area contributed by atoms with Crippen molar-refractivity contribution in [3.63, 3.8) is 0 Å². The van der Waals surface area contributed by atoms with E-state index < -0.39 is 16.4 Å². The Kier molecular flexibility index (Phi) is 4.26. The Labute approximate surface area is 136 Å². The van der Waals surface area contributed by atoms with Gasteiger partial charge in [0.05, 0.1) is 24.3 Å². The predicted molar refractivity (Wildman–Crippen MR) is 81.8 cm³/mol. The summed E-state index contributed by atoms with van der Waals surface area (Å²) in [6.45, 7) is 1.52. The van der Waals surface area contributed by atoms with E-state index in [1.54, 1.807) is 6.20 Å². The largest absolute Gasteiger partial charge is 0.494 e. The number of nitro benzene ring substituents is 1. The number of aldehydes is 1. The van der Waals surface area contributed by atoms with E-state index >= 15 is 0 Å². The second-order valence-electron chi connectivity index (χ2n) is 5.40. The number of rotatable bonds is 5. The summed E-state index contributed by atoms with van der Waals surface area (Å²) in [6, 6.07) is 2.41. The number of aromatic nitrogens is 2. The minimum absolute atomic E-state index is 0.0944. The van der Waals surface area contributed by atoms with Gasteiger partial charge in [0.15, 0.2) is 0 Å². The van der Waals surface area contributed by atoms with Crippen LogP contribution in [0.4, 0.5) is 10.1 Å². The molecule has 1 aliphatic rings. The Balaban J connectivity index is 2.06. The zero-order chi connectivity index (χ0) is 17.3. The molecule has 0 radical (unpaired) electrons. The van der Waals surface area contributed by atoms with E-state index in [2.05, 4.69) is 5.10 Å². The van der Waals surface area contributed by atoms with Crippen LogP contribution < -0.4 is 4.74 Å². The average molecular weight is 334 g/mol. The lowest BCUT2D eigenvalue weighted by Gasteiger charge is -2.23. The first-order chi connectivity index (χ1) is 11.5. The first-order valence-electron chi connectivity index (χ1n) is 7.29. The number of fused-ring (bicyclic) bond motifs is 1. The van der Waals surface area contributed by atoms with Gasteiger partial charge in [-0.2, -0.15) is 9.49 Å². The SMILES string of the molecule is COc1ccc([N+](=O)[O-])c(F)c1-n1cc2c(n1)CCN(CC=O)C2. The molecule has 0 amide bonds. The lowest BCUT2D eigenvalue weighted by molar-refractivity contribution is -0.387. The highest BCUT2D eigenvalue weighted by atomic mass is 19.1. The van der Waals surface area contributed by atoms with Crippen LogP contribution in [0.2, 0.25) is 0 Å². The van der Waals surface area contributed by atoms with Gasteiger partial charge in [-0.25, -0.2) is 4.68 Å². The minimum Gasteiger partial charge on any atom is -0.494 e. The molecule has 2 heterocycles. The van der Waals surface area contributed by atoms with Crippen molar-refractivity contribution in [2.45, 2.75) is 13.0 Å². The molecule has 24 heavy (non-hydrogen) atoms. The van der Waals surface area contributed by atoms with Crippen molar-refractivity contribution in [1.29, 1.82) is 0 Å². The molecule has 0 unspecified atom stereocenters. The van der Waals surface area contributed by atoms with Crippen LogP contribution in [0.5, 0.6) is 5.75 Å². The quantitative estimate of drug-likeness (QED) is 0.467. The van der Waals surface area contributed by atoms with Gasteiger partial charge in [0.2, 0.25) is 5.82 Å². The summed E-state index contributed by atoms with van der Waals surface area (Å²) in [5.41, 5.74) is 0.908. The number of nitrogens with zero attached hydrogens (tertiary/aromatic N) is 4. The van der Waals surface area contributed by atoms with E-state index in [4.69, 9.17) is 4.74 Å². The van der Waals surface area contributed by atoms with Crippen LogP contribution in [0.1, 0.15) is 11.3 Å². The summed E-state index contributed by atoms with van der Waals surface area (Å²) in [4.78, 5) is 22.8. The number of benzene rings is 1. The fourth-order valence-electron chi connectivity index (χ4n) is 2.80.